The summed E-state index contributed by atoms with van der Waals surface area (Å²) in [6.07, 6.45) is 14.8. The number of hydrogen-bond donors (Lipinski definition) is 4. The molecule has 6 aromatic carbocycles. The molecule has 0 unspecified atom stereocenters. The number of phenols is 4. The summed E-state index contributed by atoms with van der Waals surface area (Å²) in [5, 5.41) is 50.2. The number of hydrogen-bond acceptors (Lipinski definition) is 8. The molecule has 0 bridgehead atoms. The second-order valence-electron chi connectivity index (χ2n) is 20.7. The van der Waals surface area contributed by atoms with Gasteiger partial charge in [0.15, 0.2) is 0 Å². The lowest BCUT2D eigenvalue weighted by atomic mass is 9.85. The summed E-state index contributed by atoms with van der Waals surface area (Å²) in [6.45, 7) is 16.9. The molecule has 2 fully saturated rings. The van der Waals surface area contributed by atoms with Gasteiger partial charge in [-0.05, 0) is 118 Å². The average molecular weight is 883 g/mol. The second kappa shape index (κ2) is 18.9. The number of fused-ring (bicyclic) bond motifs is 2. The van der Waals surface area contributed by atoms with Gasteiger partial charge in [-0.3, -0.25) is 20.0 Å². The van der Waals surface area contributed by atoms with Crippen LogP contribution in [0.15, 0.2) is 105 Å². The van der Waals surface area contributed by atoms with Gasteiger partial charge in [0.25, 0.3) is 0 Å². The lowest BCUT2D eigenvalue weighted by molar-refractivity contribution is 0.390. The molecule has 2 aliphatic carbocycles. The van der Waals surface area contributed by atoms with Crippen LogP contribution in [0.25, 0.3) is 32.7 Å². The number of nitrogens with zero attached hydrogens (tertiary/aromatic N) is 4. The molecule has 0 heterocycles. The molecule has 2 aliphatic rings. The molecule has 4 atom stereocenters. The average Bonchev–Trinajstić information content (AvgIpc) is 3.28. The minimum Gasteiger partial charge on any atom is -0.507 e. The Morgan fingerprint density at radius 1 is 0.424 bits per heavy atom. The zero-order valence-electron chi connectivity index (χ0n) is 39.9. The van der Waals surface area contributed by atoms with Crippen LogP contribution < -0.4 is 0 Å². The van der Waals surface area contributed by atoms with Crippen LogP contribution in [0.4, 0.5) is 0 Å². The predicted molar refractivity (Wildman–Crippen MR) is 276 cm³/mol. The standard InChI is InChI=1S/C58H66N4O4/c1-35-25-43(57(3,4)5)29-41(53(35)63)33-61-49-23-15-13-21-47(49)59-31-39-27-37-17-9-11-19-45(37)51(55(39)65)52-46-20-12-10-18-38(46)28-40(56(52)66)32-60-48-22-14-16-24-50(48)62-34-42-30-44(58(6,7)8)26-36(2)54(42)64/h9-12,17-20,25-34,47-50,63-66H,13-16,21-24H2,1-8H3/t47-,48-,49-,50-/m1/s1. The highest BCUT2D eigenvalue weighted by molar-refractivity contribution is 6.14. The highest BCUT2D eigenvalue weighted by atomic mass is 16.3. The molecule has 0 aliphatic heterocycles. The predicted octanol–water partition coefficient (Wildman–Crippen LogP) is 13.4. The van der Waals surface area contributed by atoms with Gasteiger partial charge in [-0.25, -0.2) is 0 Å². The van der Waals surface area contributed by atoms with Crippen LogP contribution in [-0.4, -0.2) is 69.5 Å². The number of aryl methyl sites for hydroxylation is 2. The highest BCUT2D eigenvalue weighted by Gasteiger charge is 2.27. The fourth-order valence-corrected chi connectivity index (χ4v) is 9.68. The van der Waals surface area contributed by atoms with Crippen molar-refractivity contribution in [3.8, 4) is 34.1 Å². The molecular formula is C58H66N4O4. The number of phenolic OH excluding ortho intramolecular Hbond substituents is 4. The van der Waals surface area contributed by atoms with Crippen molar-refractivity contribution in [3.63, 3.8) is 0 Å². The summed E-state index contributed by atoms with van der Waals surface area (Å²) >= 11 is 0. The van der Waals surface area contributed by atoms with Crippen molar-refractivity contribution >= 4 is 46.4 Å². The molecule has 2 saturated carbocycles. The number of aromatic hydroxyl groups is 4. The van der Waals surface area contributed by atoms with E-state index >= 15 is 0 Å². The maximum atomic E-state index is 12.4. The Kier molecular flexibility index (Phi) is 13.3. The number of benzene rings is 6. The molecule has 66 heavy (non-hydrogen) atoms. The van der Waals surface area contributed by atoms with Crippen molar-refractivity contribution in [2.24, 2.45) is 20.0 Å². The van der Waals surface area contributed by atoms with Crippen LogP contribution in [0.3, 0.4) is 0 Å². The molecule has 8 heteroatoms. The van der Waals surface area contributed by atoms with E-state index in [1.165, 1.54) is 0 Å². The summed E-state index contributed by atoms with van der Waals surface area (Å²) in [7, 11) is 0. The third-order valence-electron chi connectivity index (χ3n) is 13.8. The van der Waals surface area contributed by atoms with Gasteiger partial charge >= 0.3 is 0 Å². The lowest BCUT2D eigenvalue weighted by Crippen LogP contribution is -2.27. The molecule has 0 aromatic heterocycles. The summed E-state index contributed by atoms with van der Waals surface area (Å²) in [5.41, 5.74) is 7.42. The van der Waals surface area contributed by atoms with E-state index in [0.29, 0.717) is 33.4 Å². The minimum absolute atomic E-state index is 0.0398. The largest absolute Gasteiger partial charge is 0.507 e. The van der Waals surface area contributed by atoms with Crippen LogP contribution in [0.1, 0.15) is 137 Å². The molecule has 4 N–H and O–H groups in total. The molecule has 0 radical (unpaired) electrons. The molecular weight excluding hydrogens is 817 g/mol. The monoisotopic (exact) mass is 883 g/mol. The normalized spacial score (nSPS) is 19.9. The van der Waals surface area contributed by atoms with Crippen molar-refractivity contribution < 1.29 is 20.4 Å². The first-order valence-electron chi connectivity index (χ1n) is 23.8. The summed E-state index contributed by atoms with van der Waals surface area (Å²) in [5.74, 6) is 0.580. The highest BCUT2D eigenvalue weighted by Crippen LogP contribution is 2.47. The van der Waals surface area contributed by atoms with E-state index in [0.717, 1.165) is 95.2 Å². The van der Waals surface area contributed by atoms with Gasteiger partial charge in [-0.1, -0.05) is 128 Å². The van der Waals surface area contributed by atoms with E-state index in [9.17, 15) is 20.4 Å². The Balaban J connectivity index is 1.14. The van der Waals surface area contributed by atoms with Gasteiger partial charge in [0.05, 0.1) is 24.2 Å². The van der Waals surface area contributed by atoms with Gasteiger partial charge in [-0.15, -0.1) is 0 Å². The van der Waals surface area contributed by atoms with Gasteiger partial charge < -0.3 is 20.4 Å². The van der Waals surface area contributed by atoms with Crippen LogP contribution in [0.5, 0.6) is 23.0 Å². The molecule has 8 nitrogen and oxygen atoms in total. The Morgan fingerprint density at radius 2 is 0.727 bits per heavy atom. The van der Waals surface area contributed by atoms with Crippen molar-refractivity contribution in [3.05, 3.63) is 129 Å². The third kappa shape index (κ3) is 9.79. The molecule has 0 spiro atoms. The van der Waals surface area contributed by atoms with Crippen LogP contribution in [0, 0.1) is 13.8 Å². The summed E-state index contributed by atoms with van der Waals surface area (Å²) in [4.78, 5) is 20.3. The SMILES string of the molecule is Cc1cc(C(C)(C)C)cc(C=N[C@@H]2CCCC[C@H]2N=Cc2cc3ccccc3c(-c3c(O)c(C=N[C@@H]4CCCC[C@H]4N=Cc4cc(C(C)(C)C)cc(C)c4O)cc4ccccc34)c2O)c1O. The Labute approximate surface area is 390 Å². The van der Waals surface area contributed by atoms with Gasteiger partial charge in [-0.2, -0.15) is 0 Å². The zero-order valence-corrected chi connectivity index (χ0v) is 39.9. The second-order valence-corrected chi connectivity index (χ2v) is 20.7. The van der Waals surface area contributed by atoms with Crippen LogP contribution in [0.2, 0.25) is 0 Å². The molecule has 342 valence electrons. The topological polar surface area (TPSA) is 130 Å². The fourth-order valence-electron chi connectivity index (χ4n) is 9.68. The van der Waals surface area contributed by atoms with E-state index in [1.54, 1.807) is 12.4 Å². The van der Waals surface area contributed by atoms with E-state index in [1.807, 2.05) is 111 Å². The minimum atomic E-state index is -0.108. The fraction of sp³-hybridized carbons (Fsp3) is 0.379. The third-order valence-corrected chi connectivity index (χ3v) is 13.8. The maximum Gasteiger partial charge on any atom is 0.132 e. The smallest absolute Gasteiger partial charge is 0.132 e. The first-order chi connectivity index (χ1) is 31.5. The zero-order chi connectivity index (χ0) is 46.9. The molecule has 6 aromatic rings. The Hall–Kier alpha value is -6.28. The van der Waals surface area contributed by atoms with Crippen LogP contribution in [-0.2, 0) is 10.8 Å². The van der Waals surface area contributed by atoms with Crippen molar-refractivity contribution in [2.75, 3.05) is 0 Å². The molecule has 0 saturated heterocycles. The van der Waals surface area contributed by atoms with Crippen molar-refractivity contribution in [2.45, 2.75) is 142 Å². The van der Waals surface area contributed by atoms with Crippen molar-refractivity contribution in [1.29, 1.82) is 0 Å². The summed E-state index contributed by atoms with van der Waals surface area (Å²) < 4.78 is 0. The van der Waals surface area contributed by atoms with E-state index in [4.69, 9.17) is 20.0 Å². The van der Waals surface area contributed by atoms with Gasteiger partial charge in [0.2, 0.25) is 0 Å². The van der Waals surface area contributed by atoms with E-state index < -0.39 is 0 Å². The van der Waals surface area contributed by atoms with Crippen molar-refractivity contribution in [1.82, 2.24) is 0 Å². The van der Waals surface area contributed by atoms with Gasteiger partial charge in [0.1, 0.15) is 23.0 Å². The maximum absolute atomic E-state index is 12.4. The molecule has 8 rings (SSSR count). The van der Waals surface area contributed by atoms with E-state index in [2.05, 4.69) is 41.5 Å². The Morgan fingerprint density at radius 3 is 1.05 bits per heavy atom. The van der Waals surface area contributed by atoms with Crippen LogP contribution >= 0.6 is 0 Å². The first-order valence-corrected chi connectivity index (χ1v) is 23.8. The summed E-state index contributed by atoms with van der Waals surface area (Å²) in [6, 6.07) is 27.6. The first kappa shape index (κ1) is 46.3. The lowest BCUT2D eigenvalue weighted by Gasteiger charge is -2.26. The number of aliphatic imine (C=N–C) groups is 4. The van der Waals surface area contributed by atoms with E-state index in [-0.39, 0.29) is 58.0 Å². The number of rotatable bonds is 9. The Bertz CT molecular complexity index is 2700. The van der Waals surface area contributed by atoms with Gasteiger partial charge in [0, 0.05) is 58.2 Å². The quantitative estimate of drug-likeness (QED) is 0.108. The molecule has 0 amide bonds.